The van der Waals surface area contributed by atoms with Gasteiger partial charge in [-0.15, -0.1) is 0 Å². The topological polar surface area (TPSA) is 78.4 Å². The second-order valence-electron chi connectivity index (χ2n) is 4.85. The number of carbonyl (C=O) groups excluding carboxylic acids is 1. The van der Waals surface area contributed by atoms with Crippen molar-refractivity contribution >= 4 is 12.0 Å². The summed E-state index contributed by atoms with van der Waals surface area (Å²) >= 11 is 0. The lowest BCUT2D eigenvalue weighted by Gasteiger charge is -2.13. The van der Waals surface area contributed by atoms with E-state index in [1.165, 1.54) is 0 Å². The lowest BCUT2D eigenvalue weighted by molar-refractivity contribution is 0.0696. The summed E-state index contributed by atoms with van der Waals surface area (Å²) < 4.78 is 0. The quantitative estimate of drug-likeness (QED) is 0.716. The van der Waals surface area contributed by atoms with Crippen molar-refractivity contribution < 1.29 is 14.7 Å². The second kappa shape index (κ2) is 8.19. The lowest BCUT2D eigenvalue weighted by Crippen LogP contribution is -2.41. The van der Waals surface area contributed by atoms with Crippen LogP contribution in [0.5, 0.6) is 0 Å². The highest BCUT2D eigenvalue weighted by Crippen LogP contribution is 2.05. The lowest BCUT2D eigenvalue weighted by atomic mass is 10.1. The van der Waals surface area contributed by atoms with Gasteiger partial charge in [0.25, 0.3) is 0 Å². The minimum atomic E-state index is -0.939. The fourth-order valence-corrected chi connectivity index (χ4v) is 1.96. The molecule has 0 aromatic heterocycles. The number of carboxylic acids is 1. The number of aromatic carboxylic acids is 1. The average Bonchev–Trinajstić information content (AvgIpc) is 2.39. The van der Waals surface area contributed by atoms with Gasteiger partial charge in [-0.25, -0.2) is 9.59 Å². The molecule has 0 heterocycles. The number of hydrogen-bond acceptors (Lipinski definition) is 2. The van der Waals surface area contributed by atoms with E-state index >= 15 is 0 Å². The van der Waals surface area contributed by atoms with E-state index in [1.807, 2.05) is 13.0 Å². The molecule has 5 heteroatoms. The van der Waals surface area contributed by atoms with Gasteiger partial charge >= 0.3 is 12.0 Å². The van der Waals surface area contributed by atoms with Crippen LogP contribution in [0.15, 0.2) is 24.3 Å². The van der Waals surface area contributed by atoms with E-state index in [0.29, 0.717) is 13.0 Å². The van der Waals surface area contributed by atoms with Gasteiger partial charge in [-0.1, -0.05) is 25.5 Å². The van der Waals surface area contributed by atoms with Gasteiger partial charge in [0.1, 0.15) is 0 Å². The zero-order chi connectivity index (χ0) is 15.0. The molecule has 0 aliphatic carbocycles. The minimum absolute atomic E-state index is 0.162. The molecular weight excluding hydrogens is 256 g/mol. The number of urea groups is 1. The Kier molecular flexibility index (Phi) is 6.56. The summed E-state index contributed by atoms with van der Waals surface area (Å²) in [4.78, 5) is 22.4. The van der Waals surface area contributed by atoms with Crippen molar-refractivity contribution in [2.45, 2.75) is 39.2 Å². The van der Waals surface area contributed by atoms with Crippen molar-refractivity contribution in [3.63, 3.8) is 0 Å². The summed E-state index contributed by atoms with van der Waals surface area (Å²) in [7, 11) is 0. The van der Waals surface area contributed by atoms with E-state index in [-0.39, 0.29) is 17.6 Å². The molecule has 1 rings (SSSR count). The van der Waals surface area contributed by atoms with E-state index in [0.717, 1.165) is 18.4 Å². The highest BCUT2D eigenvalue weighted by Gasteiger charge is 2.06. The van der Waals surface area contributed by atoms with Crippen molar-refractivity contribution in [2.75, 3.05) is 6.54 Å². The molecule has 110 valence electrons. The summed E-state index contributed by atoms with van der Waals surface area (Å²) in [6, 6.07) is 6.73. The van der Waals surface area contributed by atoms with Crippen molar-refractivity contribution in [3.8, 4) is 0 Å². The molecule has 20 heavy (non-hydrogen) atoms. The zero-order valence-corrected chi connectivity index (χ0v) is 12.0. The van der Waals surface area contributed by atoms with Crippen LogP contribution >= 0.6 is 0 Å². The second-order valence-corrected chi connectivity index (χ2v) is 4.85. The number of nitrogens with one attached hydrogen (secondary N) is 2. The third kappa shape index (κ3) is 5.73. The van der Waals surface area contributed by atoms with Gasteiger partial charge in [0.2, 0.25) is 0 Å². The Hall–Kier alpha value is -2.04. The van der Waals surface area contributed by atoms with Crippen molar-refractivity contribution in [2.24, 2.45) is 0 Å². The Morgan fingerprint density at radius 3 is 2.75 bits per heavy atom. The first-order valence-electron chi connectivity index (χ1n) is 6.89. The Morgan fingerprint density at radius 2 is 2.10 bits per heavy atom. The molecule has 2 amide bonds. The van der Waals surface area contributed by atoms with Crippen molar-refractivity contribution in [1.29, 1.82) is 0 Å². The monoisotopic (exact) mass is 278 g/mol. The van der Waals surface area contributed by atoms with E-state index < -0.39 is 5.97 Å². The molecule has 0 aliphatic rings. The van der Waals surface area contributed by atoms with Crippen LogP contribution in [0.3, 0.4) is 0 Å². The van der Waals surface area contributed by atoms with Gasteiger partial charge in [0.15, 0.2) is 0 Å². The number of amides is 2. The fourth-order valence-electron chi connectivity index (χ4n) is 1.96. The Morgan fingerprint density at radius 1 is 1.35 bits per heavy atom. The Bertz CT molecular complexity index is 460. The number of hydrogen-bond donors (Lipinski definition) is 3. The number of carbonyl (C=O) groups is 2. The molecule has 3 N–H and O–H groups in total. The standard InChI is InChI=1S/C15H22N2O3/c1-3-5-11(2)17-15(20)16-9-8-12-6-4-7-13(10-12)14(18)19/h4,6-7,10-11H,3,5,8-9H2,1-2H3,(H,18,19)(H2,16,17,20). The van der Waals surface area contributed by atoms with Gasteiger partial charge in [-0.2, -0.15) is 0 Å². The van der Waals surface area contributed by atoms with Crippen LogP contribution in [0.4, 0.5) is 4.79 Å². The highest BCUT2D eigenvalue weighted by molar-refractivity contribution is 5.87. The maximum absolute atomic E-state index is 11.6. The molecule has 1 aromatic carbocycles. The van der Waals surface area contributed by atoms with Crippen LogP contribution in [0.25, 0.3) is 0 Å². The van der Waals surface area contributed by atoms with E-state index in [2.05, 4.69) is 17.6 Å². The molecule has 0 radical (unpaired) electrons. The fraction of sp³-hybridized carbons (Fsp3) is 0.467. The third-order valence-corrected chi connectivity index (χ3v) is 2.97. The molecule has 0 fully saturated rings. The first-order valence-corrected chi connectivity index (χ1v) is 6.89. The van der Waals surface area contributed by atoms with Crippen molar-refractivity contribution in [3.05, 3.63) is 35.4 Å². The molecule has 1 unspecified atom stereocenters. The summed E-state index contributed by atoms with van der Waals surface area (Å²) in [6.07, 6.45) is 2.59. The molecule has 0 saturated heterocycles. The van der Waals surface area contributed by atoms with Gasteiger partial charge in [-0.05, 0) is 37.5 Å². The normalized spacial score (nSPS) is 11.7. The van der Waals surface area contributed by atoms with Crippen LogP contribution in [-0.4, -0.2) is 29.7 Å². The van der Waals surface area contributed by atoms with Crippen LogP contribution in [0, 0.1) is 0 Å². The third-order valence-electron chi connectivity index (χ3n) is 2.97. The van der Waals surface area contributed by atoms with E-state index in [1.54, 1.807) is 18.2 Å². The van der Waals surface area contributed by atoms with Gasteiger partial charge in [0, 0.05) is 12.6 Å². The molecule has 0 bridgehead atoms. The molecule has 5 nitrogen and oxygen atoms in total. The highest BCUT2D eigenvalue weighted by atomic mass is 16.4. The molecular formula is C15H22N2O3. The number of rotatable bonds is 7. The maximum Gasteiger partial charge on any atom is 0.335 e. The first kappa shape index (κ1) is 16.0. The van der Waals surface area contributed by atoms with Gasteiger partial charge in [-0.3, -0.25) is 0 Å². The van der Waals surface area contributed by atoms with Crippen LogP contribution in [0.2, 0.25) is 0 Å². The smallest absolute Gasteiger partial charge is 0.335 e. The molecule has 1 aromatic rings. The van der Waals surface area contributed by atoms with Crippen LogP contribution in [-0.2, 0) is 6.42 Å². The number of benzene rings is 1. The minimum Gasteiger partial charge on any atom is -0.478 e. The summed E-state index contributed by atoms with van der Waals surface area (Å²) in [6.45, 7) is 4.53. The molecule has 0 saturated carbocycles. The van der Waals surface area contributed by atoms with E-state index in [9.17, 15) is 9.59 Å². The van der Waals surface area contributed by atoms with Crippen LogP contribution in [0.1, 0.15) is 42.6 Å². The summed E-state index contributed by atoms with van der Waals surface area (Å²) in [5.74, 6) is -0.939. The van der Waals surface area contributed by atoms with E-state index in [4.69, 9.17) is 5.11 Å². The zero-order valence-electron chi connectivity index (χ0n) is 12.0. The van der Waals surface area contributed by atoms with Gasteiger partial charge in [0.05, 0.1) is 5.56 Å². The number of carboxylic acid groups (broad SMARTS) is 1. The first-order chi connectivity index (χ1) is 9.52. The maximum atomic E-state index is 11.6. The van der Waals surface area contributed by atoms with Crippen LogP contribution < -0.4 is 10.6 Å². The van der Waals surface area contributed by atoms with Gasteiger partial charge < -0.3 is 15.7 Å². The Balaban J connectivity index is 2.35. The predicted octanol–water partition coefficient (Wildman–Crippen LogP) is 2.42. The predicted molar refractivity (Wildman–Crippen MR) is 78.0 cm³/mol. The Labute approximate surface area is 119 Å². The average molecular weight is 278 g/mol. The largest absolute Gasteiger partial charge is 0.478 e. The molecule has 0 aliphatic heterocycles. The molecule has 1 atom stereocenters. The van der Waals surface area contributed by atoms with Crippen molar-refractivity contribution in [1.82, 2.24) is 10.6 Å². The summed E-state index contributed by atoms with van der Waals surface area (Å²) in [5, 5.41) is 14.5. The summed E-state index contributed by atoms with van der Waals surface area (Å²) in [5.41, 5.74) is 1.16. The SMILES string of the molecule is CCCC(C)NC(=O)NCCc1cccc(C(=O)O)c1. The molecule has 0 spiro atoms.